The van der Waals surface area contributed by atoms with E-state index < -0.39 is 0 Å². The summed E-state index contributed by atoms with van der Waals surface area (Å²) < 4.78 is 0. The zero-order chi connectivity index (χ0) is 13.5. The standard InChI is InChI=1S/C13H28N2O2/c1-6-13(5,10-16)9-14-11(4)12(17)15(7-2)8-3/h11,14,16H,6-10H2,1-5H3. The Labute approximate surface area is 105 Å². The minimum absolute atomic E-state index is 0.131. The summed E-state index contributed by atoms with van der Waals surface area (Å²) in [6.45, 7) is 12.2. The third kappa shape index (κ3) is 5.04. The molecule has 0 saturated heterocycles. The molecule has 2 atom stereocenters. The predicted octanol–water partition coefficient (Wildman–Crippen LogP) is 1.24. The number of amides is 1. The van der Waals surface area contributed by atoms with Crippen molar-refractivity contribution in [2.45, 2.75) is 47.1 Å². The van der Waals surface area contributed by atoms with Crippen molar-refractivity contribution in [3.05, 3.63) is 0 Å². The number of hydrogen-bond donors (Lipinski definition) is 2. The van der Waals surface area contributed by atoms with Gasteiger partial charge in [0, 0.05) is 31.7 Å². The lowest BCUT2D eigenvalue weighted by molar-refractivity contribution is -0.132. The Morgan fingerprint density at radius 3 is 2.24 bits per heavy atom. The van der Waals surface area contributed by atoms with Gasteiger partial charge in [-0.1, -0.05) is 13.8 Å². The fourth-order valence-electron chi connectivity index (χ4n) is 1.59. The first-order valence-electron chi connectivity index (χ1n) is 6.57. The fraction of sp³-hybridized carbons (Fsp3) is 0.923. The van der Waals surface area contributed by atoms with Crippen molar-refractivity contribution in [3.63, 3.8) is 0 Å². The minimum atomic E-state index is -0.188. The van der Waals surface area contributed by atoms with Gasteiger partial charge in [-0.25, -0.2) is 0 Å². The van der Waals surface area contributed by atoms with Gasteiger partial charge in [0.15, 0.2) is 0 Å². The van der Waals surface area contributed by atoms with Crippen LogP contribution in [0.15, 0.2) is 0 Å². The predicted molar refractivity (Wildman–Crippen MR) is 70.9 cm³/mol. The van der Waals surface area contributed by atoms with E-state index in [4.69, 9.17) is 0 Å². The molecule has 17 heavy (non-hydrogen) atoms. The van der Waals surface area contributed by atoms with E-state index in [2.05, 4.69) is 12.2 Å². The Bertz CT molecular complexity index is 223. The van der Waals surface area contributed by atoms with Crippen LogP contribution < -0.4 is 5.32 Å². The molecule has 2 unspecified atom stereocenters. The lowest BCUT2D eigenvalue weighted by Crippen LogP contribution is -2.48. The molecule has 4 nitrogen and oxygen atoms in total. The van der Waals surface area contributed by atoms with E-state index in [0.717, 1.165) is 19.5 Å². The number of hydrogen-bond acceptors (Lipinski definition) is 3. The summed E-state index contributed by atoms with van der Waals surface area (Å²) in [5, 5.41) is 12.5. The first-order valence-corrected chi connectivity index (χ1v) is 6.57. The molecular weight excluding hydrogens is 216 g/mol. The molecule has 4 heteroatoms. The SMILES string of the molecule is CCN(CC)C(=O)C(C)NCC(C)(CC)CO. The first kappa shape index (κ1) is 16.4. The van der Waals surface area contributed by atoms with Crippen molar-refractivity contribution in [1.82, 2.24) is 10.2 Å². The van der Waals surface area contributed by atoms with E-state index in [1.807, 2.05) is 32.6 Å². The highest BCUT2D eigenvalue weighted by molar-refractivity contribution is 5.81. The summed E-state index contributed by atoms with van der Waals surface area (Å²) in [6, 6.07) is -0.188. The molecule has 0 rings (SSSR count). The summed E-state index contributed by atoms with van der Waals surface area (Å²) in [7, 11) is 0. The number of carbonyl (C=O) groups excluding carboxylic acids is 1. The molecule has 2 N–H and O–H groups in total. The molecule has 0 saturated carbocycles. The van der Waals surface area contributed by atoms with E-state index in [1.54, 1.807) is 0 Å². The van der Waals surface area contributed by atoms with Crippen molar-refractivity contribution in [2.24, 2.45) is 5.41 Å². The normalized spacial score (nSPS) is 16.4. The highest BCUT2D eigenvalue weighted by Gasteiger charge is 2.24. The van der Waals surface area contributed by atoms with Crippen molar-refractivity contribution >= 4 is 5.91 Å². The van der Waals surface area contributed by atoms with Crippen molar-refractivity contribution in [2.75, 3.05) is 26.2 Å². The molecule has 0 aromatic rings. The largest absolute Gasteiger partial charge is 0.396 e. The highest BCUT2D eigenvalue weighted by Crippen LogP contribution is 2.18. The van der Waals surface area contributed by atoms with Crippen LogP contribution in [0.4, 0.5) is 0 Å². The van der Waals surface area contributed by atoms with Crippen LogP contribution in [0.5, 0.6) is 0 Å². The molecule has 0 aliphatic carbocycles. The first-order chi connectivity index (χ1) is 7.94. The molecule has 0 aromatic carbocycles. The minimum Gasteiger partial charge on any atom is -0.396 e. The average molecular weight is 244 g/mol. The number of aliphatic hydroxyl groups excluding tert-OH is 1. The second-order valence-electron chi connectivity index (χ2n) is 4.94. The molecule has 0 aliphatic rings. The van der Waals surface area contributed by atoms with Gasteiger partial charge >= 0.3 is 0 Å². The van der Waals surface area contributed by atoms with E-state index in [1.165, 1.54) is 0 Å². The van der Waals surface area contributed by atoms with E-state index in [9.17, 15) is 9.90 Å². The average Bonchev–Trinajstić information content (AvgIpc) is 2.36. The maximum absolute atomic E-state index is 12.0. The van der Waals surface area contributed by atoms with Crippen molar-refractivity contribution < 1.29 is 9.90 Å². The lowest BCUT2D eigenvalue weighted by atomic mass is 9.88. The van der Waals surface area contributed by atoms with E-state index in [-0.39, 0.29) is 24.0 Å². The van der Waals surface area contributed by atoms with Gasteiger partial charge < -0.3 is 15.3 Å². The zero-order valence-corrected chi connectivity index (χ0v) is 11.9. The molecule has 102 valence electrons. The van der Waals surface area contributed by atoms with Gasteiger partial charge in [-0.15, -0.1) is 0 Å². The molecular formula is C13H28N2O2. The quantitative estimate of drug-likeness (QED) is 0.675. The molecule has 0 aromatic heterocycles. The van der Waals surface area contributed by atoms with Crippen LogP contribution in [-0.2, 0) is 4.79 Å². The molecule has 1 amide bonds. The Kier molecular flexibility index (Phi) is 7.39. The van der Waals surface area contributed by atoms with Crippen LogP contribution in [0.1, 0.15) is 41.0 Å². The topological polar surface area (TPSA) is 52.6 Å². The highest BCUT2D eigenvalue weighted by atomic mass is 16.3. The van der Waals surface area contributed by atoms with Crippen LogP contribution in [0.2, 0.25) is 0 Å². The molecule has 0 heterocycles. The number of nitrogens with zero attached hydrogens (tertiary/aromatic N) is 1. The fourth-order valence-corrected chi connectivity index (χ4v) is 1.59. The number of rotatable bonds is 8. The lowest BCUT2D eigenvalue weighted by Gasteiger charge is -2.29. The van der Waals surface area contributed by atoms with Gasteiger partial charge in [0.25, 0.3) is 0 Å². The molecule has 0 bridgehead atoms. The van der Waals surface area contributed by atoms with Gasteiger partial charge in [0.1, 0.15) is 0 Å². The van der Waals surface area contributed by atoms with Crippen LogP contribution in [-0.4, -0.2) is 48.2 Å². The monoisotopic (exact) mass is 244 g/mol. The maximum atomic E-state index is 12.0. The molecule has 0 radical (unpaired) electrons. The number of likely N-dealkylation sites (N-methyl/N-ethyl adjacent to an activating group) is 1. The van der Waals surface area contributed by atoms with Gasteiger partial charge in [0.2, 0.25) is 5.91 Å². The van der Waals surface area contributed by atoms with Gasteiger partial charge in [-0.05, 0) is 27.2 Å². The number of nitrogens with one attached hydrogen (secondary N) is 1. The second kappa shape index (κ2) is 7.67. The summed E-state index contributed by atoms with van der Waals surface area (Å²) >= 11 is 0. The smallest absolute Gasteiger partial charge is 0.239 e. The van der Waals surface area contributed by atoms with E-state index >= 15 is 0 Å². The van der Waals surface area contributed by atoms with Gasteiger partial charge in [-0.2, -0.15) is 0 Å². The van der Waals surface area contributed by atoms with Gasteiger partial charge in [0.05, 0.1) is 6.04 Å². The van der Waals surface area contributed by atoms with E-state index in [0.29, 0.717) is 6.54 Å². The van der Waals surface area contributed by atoms with Crippen LogP contribution >= 0.6 is 0 Å². The Balaban J connectivity index is 4.26. The van der Waals surface area contributed by atoms with Crippen molar-refractivity contribution in [1.29, 1.82) is 0 Å². The maximum Gasteiger partial charge on any atom is 0.239 e. The Morgan fingerprint density at radius 2 is 1.88 bits per heavy atom. The van der Waals surface area contributed by atoms with Crippen LogP contribution in [0.3, 0.4) is 0 Å². The summed E-state index contributed by atoms with van der Waals surface area (Å²) in [5.74, 6) is 0.131. The molecule has 0 fully saturated rings. The number of carbonyl (C=O) groups is 1. The summed E-state index contributed by atoms with van der Waals surface area (Å²) in [5.41, 5.74) is -0.141. The molecule has 0 spiro atoms. The van der Waals surface area contributed by atoms with Crippen LogP contribution in [0.25, 0.3) is 0 Å². The number of aliphatic hydroxyl groups is 1. The third-order valence-electron chi connectivity index (χ3n) is 3.52. The second-order valence-corrected chi connectivity index (χ2v) is 4.94. The van der Waals surface area contributed by atoms with Gasteiger partial charge in [-0.3, -0.25) is 4.79 Å². The third-order valence-corrected chi connectivity index (χ3v) is 3.52. The summed E-state index contributed by atoms with van der Waals surface area (Å²) in [4.78, 5) is 13.8. The van der Waals surface area contributed by atoms with Crippen molar-refractivity contribution in [3.8, 4) is 0 Å². The Morgan fingerprint density at radius 1 is 1.35 bits per heavy atom. The zero-order valence-electron chi connectivity index (χ0n) is 11.9. The Hall–Kier alpha value is -0.610. The van der Waals surface area contributed by atoms with Crippen LogP contribution in [0, 0.1) is 5.41 Å². The molecule has 0 aliphatic heterocycles. The summed E-state index contributed by atoms with van der Waals surface area (Å²) in [6.07, 6.45) is 0.892.